The lowest BCUT2D eigenvalue weighted by Crippen LogP contribution is -2.09. The molecule has 0 unspecified atom stereocenters. The van der Waals surface area contributed by atoms with Gasteiger partial charge in [-0.1, -0.05) is 11.6 Å². The van der Waals surface area contributed by atoms with Crippen LogP contribution in [0.25, 0.3) is 5.69 Å². The molecule has 7 heteroatoms. The van der Waals surface area contributed by atoms with Crippen molar-refractivity contribution in [3.05, 3.63) is 76.1 Å². The smallest absolute Gasteiger partial charge is 0.303 e. The maximum Gasteiger partial charge on any atom is 0.303 e. The molecular formula is C21H19ClN4O2. The summed E-state index contributed by atoms with van der Waals surface area (Å²) in [4.78, 5) is 25.0. The van der Waals surface area contributed by atoms with Gasteiger partial charge in [-0.2, -0.15) is 0 Å². The number of carboxylic acids is 1. The van der Waals surface area contributed by atoms with Crippen molar-refractivity contribution >= 4 is 23.3 Å². The summed E-state index contributed by atoms with van der Waals surface area (Å²) in [6.45, 7) is 3.94. The number of nitrogens with zero attached hydrogens (tertiary/aromatic N) is 4. The second kappa shape index (κ2) is 7.20. The molecule has 6 nitrogen and oxygen atoms in total. The number of carboxylic acid groups (broad SMARTS) is 1. The lowest BCUT2D eigenvalue weighted by atomic mass is 10.00. The van der Waals surface area contributed by atoms with Gasteiger partial charge in [0.05, 0.1) is 11.4 Å². The molecule has 0 spiro atoms. The molecule has 142 valence electrons. The zero-order valence-electron chi connectivity index (χ0n) is 15.6. The van der Waals surface area contributed by atoms with Crippen LogP contribution in [0.3, 0.4) is 0 Å². The van der Waals surface area contributed by atoms with Gasteiger partial charge in [0, 0.05) is 46.9 Å². The molecule has 2 aromatic heterocycles. The van der Waals surface area contributed by atoms with Crippen molar-refractivity contribution in [2.24, 2.45) is 4.99 Å². The fourth-order valence-electron chi connectivity index (χ4n) is 3.51. The number of aliphatic imine (C=N–C) groups is 1. The number of rotatable bonds is 4. The summed E-state index contributed by atoms with van der Waals surface area (Å²) < 4.78 is 2.05. The number of fused-ring (bicyclic) bond motifs is 3. The highest BCUT2D eigenvalue weighted by Gasteiger charge is 2.28. The summed E-state index contributed by atoms with van der Waals surface area (Å²) in [5.74, 6) is -0.116. The molecule has 0 amide bonds. The third-order valence-electron chi connectivity index (χ3n) is 4.89. The van der Waals surface area contributed by atoms with Gasteiger partial charge in [-0.25, -0.2) is 4.98 Å². The average molecular weight is 395 g/mol. The summed E-state index contributed by atoms with van der Waals surface area (Å²) in [6, 6.07) is 7.36. The number of hydrogen-bond acceptors (Lipinski definition) is 4. The molecule has 0 bridgehead atoms. The SMILES string of the molecule is Cc1cc2c(cc1Cl)C(c1cccnc1)=N[C@@H](CCC(=O)O)c1ncc(C)n1-2. The van der Waals surface area contributed by atoms with Gasteiger partial charge in [0.15, 0.2) is 0 Å². The summed E-state index contributed by atoms with van der Waals surface area (Å²) in [5.41, 5.74) is 5.32. The topological polar surface area (TPSA) is 80.4 Å². The summed E-state index contributed by atoms with van der Waals surface area (Å²) >= 11 is 6.46. The molecule has 1 atom stereocenters. The molecule has 1 aliphatic heterocycles. The van der Waals surface area contributed by atoms with Crippen LogP contribution >= 0.6 is 11.6 Å². The normalized spacial score (nSPS) is 15.4. The minimum Gasteiger partial charge on any atom is -0.481 e. The first-order valence-electron chi connectivity index (χ1n) is 9.01. The number of pyridine rings is 1. The third-order valence-corrected chi connectivity index (χ3v) is 5.30. The molecule has 4 rings (SSSR count). The van der Waals surface area contributed by atoms with E-state index in [9.17, 15) is 9.90 Å². The van der Waals surface area contributed by atoms with E-state index in [2.05, 4.69) is 14.5 Å². The number of aliphatic carboxylic acids is 1. The Morgan fingerprint density at radius 2 is 2.11 bits per heavy atom. The van der Waals surface area contributed by atoms with E-state index in [0.29, 0.717) is 11.4 Å². The van der Waals surface area contributed by atoms with Crippen molar-refractivity contribution in [2.75, 3.05) is 0 Å². The van der Waals surface area contributed by atoms with E-state index < -0.39 is 5.97 Å². The van der Waals surface area contributed by atoms with Gasteiger partial charge in [-0.15, -0.1) is 0 Å². The van der Waals surface area contributed by atoms with Crippen molar-refractivity contribution in [1.29, 1.82) is 0 Å². The molecule has 1 N–H and O–H groups in total. The highest BCUT2D eigenvalue weighted by molar-refractivity contribution is 6.32. The summed E-state index contributed by atoms with van der Waals surface area (Å²) in [7, 11) is 0. The highest BCUT2D eigenvalue weighted by atomic mass is 35.5. The number of aryl methyl sites for hydroxylation is 2. The Bertz CT molecular complexity index is 1090. The van der Waals surface area contributed by atoms with Gasteiger partial charge in [-0.3, -0.25) is 19.3 Å². The van der Waals surface area contributed by atoms with Crippen molar-refractivity contribution in [3.63, 3.8) is 0 Å². The monoisotopic (exact) mass is 394 g/mol. The predicted molar refractivity (Wildman–Crippen MR) is 108 cm³/mol. The van der Waals surface area contributed by atoms with Crippen LogP contribution in [0.1, 0.15) is 47.1 Å². The molecule has 0 saturated carbocycles. The van der Waals surface area contributed by atoms with Crippen LogP contribution in [0.15, 0.2) is 47.8 Å². The molecule has 0 saturated heterocycles. The van der Waals surface area contributed by atoms with Crippen LogP contribution in [0.2, 0.25) is 5.02 Å². The van der Waals surface area contributed by atoms with Crippen molar-refractivity contribution in [2.45, 2.75) is 32.7 Å². The van der Waals surface area contributed by atoms with Crippen LogP contribution in [0.4, 0.5) is 0 Å². The number of hydrogen-bond donors (Lipinski definition) is 1. The first-order valence-corrected chi connectivity index (χ1v) is 9.38. The number of carbonyl (C=O) groups is 1. The fourth-order valence-corrected chi connectivity index (χ4v) is 3.68. The van der Waals surface area contributed by atoms with Gasteiger partial charge in [0.1, 0.15) is 11.9 Å². The summed E-state index contributed by atoms with van der Waals surface area (Å²) in [5, 5.41) is 9.85. The van der Waals surface area contributed by atoms with E-state index in [0.717, 1.165) is 39.6 Å². The first-order chi connectivity index (χ1) is 13.5. The van der Waals surface area contributed by atoms with E-state index in [1.54, 1.807) is 18.6 Å². The molecule has 3 heterocycles. The average Bonchev–Trinajstić information content (AvgIpc) is 2.99. The van der Waals surface area contributed by atoms with Crippen molar-refractivity contribution < 1.29 is 9.90 Å². The zero-order chi connectivity index (χ0) is 19.8. The molecular weight excluding hydrogens is 376 g/mol. The third kappa shape index (κ3) is 3.20. The van der Waals surface area contributed by atoms with Crippen molar-refractivity contribution in [1.82, 2.24) is 14.5 Å². The van der Waals surface area contributed by atoms with E-state index in [4.69, 9.17) is 16.6 Å². The van der Waals surface area contributed by atoms with Gasteiger partial charge >= 0.3 is 5.97 Å². The Hall–Kier alpha value is -2.99. The molecule has 0 fully saturated rings. The Morgan fingerprint density at radius 3 is 2.82 bits per heavy atom. The number of imidazole rings is 1. The number of halogens is 1. The number of aromatic nitrogens is 3. The molecule has 3 aromatic rings. The first kappa shape index (κ1) is 18.4. The molecule has 0 aliphatic carbocycles. The second-order valence-electron chi connectivity index (χ2n) is 6.88. The van der Waals surface area contributed by atoms with Crippen LogP contribution in [-0.4, -0.2) is 31.3 Å². The highest BCUT2D eigenvalue weighted by Crippen LogP contribution is 2.35. The number of benzene rings is 1. The van der Waals surface area contributed by atoms with Crippen LogP contribution < -0.4 is 0 Å². The largest absolute Gasteiger partial charge is 0.481 e. The van der Waals surface area contributed by atoms with Crippen LogP contribution in [0, 0.1) is 13.8 Å². The fraction of sp³-hybridized carbons (Fsp3) is 0.238. The summed E-state index contributed by atoms with van der Waals surface area (Å²) in [6.07, 6.45) is 5.63. The van der Waals surface area contributed by atoms with Gasteiger partial charge in [-0.05, 0) is 50.1 Å². The minimum atomic E-state index is -0.853. The van der Waals surface area contributed by atoms with Crippen molar-refractivity contribution in [3.8, 4) is 5.69 Å². The maximum absolute atomic E-state index is 11.2. The van der Waals surface area contributed by atoms with Crippen LogP contribution in [-0.2, 0) is 4.79 Å². The van der Waals surface area contributed by atoms with Crippen LogP contribution in [0.5, 0.6) is 0 Å². The Labute approximate surface area is 167 Å². The van der Waals surface area contributed by atoms with E-state index in [-0.39, 0.29) is 12.5 Å². The molecule has 1 aromatic carbocycles. The van der Waals surface area contributed by atoms with Gasteiger partial charge in [0.2, 0.25) is 0 Å². The maximum atomic E-state index is 11.2. The van der Waals surface area contributed by atoms with Gasteiger partial charge < -0.3 is 5.11 Å². The predicted octanol–water partition coefficient (Wildman–Crippen LogP) is 4.29. The molecule has 1 aliphatic rings. The quantitative estimate of drug-likeness (QED) is 0.715. The Balaban J connectivity index is 2.00. The zero-order valence-corrected chi connectivity index (χ0v) is 16.3. The lowest BCUT2D eigenvalue weighted by Gasteiger charge is -2.15. The van der Waals surface area contributed by atoms with E-state index >= 15 is 0 Å². The molecule has 28 heavy (non-hydrogen) atoms. The molecule has 0 radical (unpaired) electrons. The minimum absolute atomic E-state index is 0.0104. The Morgan fingerprint density at radius 1 is 1.29 bits per heavy atom. The van der Waals surface area contributed by atoms with E-state index in [1.165, 1.54) is 0 Å². The standard InChI is InChI=1S/C21H19ClN4O2/c1-12-8-18-15(9-16(12)22)20(14-4-3-7-23-11-14)25-17(5-6-19(27)28)21-24-10-13(2)26(18)21/h3-4,7-11,17H,5-6H2,1-2H3,(H,27,28)/t17-/m0/s1. The lowest BCUT2D eigenvalue weighted by molar-refractivity contribution is -0.137. The van der Waals surface area contributed by atoms with E-state index in [1.807, 2.05) is 38.1 Å². The van der Waals surface area contributed by atoms with Gasteiger partial charge in [0.25, 0.3) is 0 Å². The Kier molecular flexibility index (Phi) is 4.73. The second-order valence-corrected chi connectivity index (χ2v) is 7.29.